The van der Waals surface area contributed by atoms with E-state index in [9.17, 15) is 14.4 Å². The topological polar surface area (TPSA) is 91.9 Å². The Labute approximate surface area is 202 Å². The van der Waals surface area contributed by atoms with Crippen LogP contribution in [-0.2, 0) is 28.6 Å². The van der Waals surface area contributed by atoms with E-state index in [0.717, 1.165) is 13.1 Å². The summed E-state index contributed by atoms with van der Waals surface area (Å²) in [7, 11) is 3.36. The van der Waals surface area contributed by atoms with Crippen molar-refractivity contribution in [3.05, 3.63) is 13.5 Å². The molecule has 30 heavy (non-hydrogen) atoms. The number of methoxy groups -OCH3 is 1. The Morgan fingerprint density at radius 1 is 1.13 bits per heavy atom. The van der Waals surface area contributed by atoms with E-state index < -0.39 is 5.72 Å². The van der Waals surface area contributed by atoms with Gasteiger partial charge < -0.3 is 36.3 Å². The third-order valence-electron chi connectivity index (χ3n) is 5.38. The van der Waals surface area contributed by atoms with Crippen LogP contribution in [0.3, 0.4) is 0 Å². The molecule has 2 atom stereocenters. The number of hydrogen-bond donors (Lipinski definition) is 0. The van der Waals surface area contributed by atoms with Gasteiger partial charge in [0.05, 0.1) is 26.7 Å². The minimum atomic E-state index is -0.777. The van der Waals surface area contributed by atoms with Gasteiger partial charge in [-0.15, -0.1) is 6.10 Å². The van der Waals surface area contributed by atoms with Crippen LogP contribution in [0.5, 0.6) is 0 Å². The van der Waals surface area contributed by atoms with Crippen LogP contribution in [0.4, 0.5) is 0 Å². The zero-order chi connectivity index (χ0) is 20.3. The number of carbonyl (C=O) groups is 3. The number of ether oxygens (including phenoxy) is 3. The fourth-order valence-corrected chi connectivity index (χ4v) is 3.86. The number of nitrogens with zero attached hydrogens (tertiary/aromatic N) is 4. The molecule has 0 aromatic rings. The van der Waals surface area contributed by atoms with E-state index >= 15 is 0 Å². The molecular weight excluding hydrogens is 618 g/mol. The number of likely N-dealkylation sites (N-methyl/N-ethyl adjacent to an activating group) is 1. The molecule has 0 amide bonds. The summed E-state index contributed by atoms with van der Waals surface area (Å²) in [6.45, 7) is 6.40. The van der Waals surface area contributed by atoms with Gasteiger partial charge in [0.1, 0.15) is 6.54 Å². The number of hydrogen-bond acceptors (Lipinski definition) is 10. The van der Waals surface area contributed by atoms with E-state index in [1.54, 1.807) is 0 Å². The summed E-state index contributed by atoms with van der Waals surface area (Å²) in [5.74, 6) is -0.914. The van der Waals surface area contributed by atoms with Gasteiger partial charge in [-0.3, -0.25) is 19.3 Å². The van der Waals surface area contributed by atoms with Crippen LogP contribution in [0.1, 0.15) is 6.92 Å². The van der Waals surface area contributed by atoms with Gasteiger partial charge in [-0.25, -0.2) is 0 Å². The number of fused-ring (bicyclic) bond motifs is 3. The first-order valence-corrected chi connectivity index (χ1v) is 9.50. The number of esters is 3. The molecule has 0 N–H and O–H groups in total. The summed E-state index contributed by atoms with van der Waals surface area (Å²) in [6, 6.07) is 0. The van der Waals surface area contributed by atoms with Crippen LogP contribution in [0, 0.1) is 44.6 Å². The van der Waals surface area contributed by atoms with Crippen molar-refractivity contribution in [1.29, 1.82) is 0 Å². The fraction of sp³-hybridized carbons (Fsp3) is 0.737. The summed E-state index contributed by atoms with van der Waals surface area (Å²) in [5.41, 5.74) is -0.777. The van der Waals surface area contributed by atoms with E-state index in [2.05, 4.69) is 4.90 Å². The molecule has 1 unspecified atom stereocenters. The molecule has 3 rings (SSSR count). The maximum Gasteiger partial charge on any atom is 4.00 e. The Balaban J connectivity index is 0.00000225. The summed E-state index contributed by atoms with van der Waals surface area (Å²) in [6.07, 6.45) is 0.585. The average Bonchev–Trinajstić information content (AvgIpc) is 2.89. The number of carbonyl (C=O) groups excluding carboxylic acids is 3. The van der Waals surface area contributed by atoms with Crippen molar-refractivity contribution in [3.63, 3.8) is 0 Å². The zero-order valence-corrected chi connectivity index (χ0v) is 22.5. The molecule has 0 spiro atoms. The molecule has 0 aromatic heterocycles. The Hall–Kier alpha value is -0.698. The molecule has 3 fully saturated rings. The van der Waals surface area contributed by atoms with Crippen molar-refractivity contribution in [3.8, 4) is 0 Å². The van der Waals surface area contributed by atoms with Crippen molar-refractivity contribution < 1.29 is 59.7 Å². The second-order valence-corrected chi connectivity index (χ2v) is 7.82. The SMILES string of the molecule is COC(=O)CN1CCN(C)CCN2CC(=O)O[C@@]2(C)CN2CC(=O)O[C-](C1)C2.[CH3-].[U+4]. The standard InChI is InChI=1S/C18H29N4O6.CH3.U/c1-18-13-21-9-14(27-16(24)11-21)8-20(10-15(23)26-3)6-4-19(2)5-7-22(18)12-17(25)28-18;;/h4-13H2,1-3H3;1H3;/q2*-1;+4/t18-;;/m0../s1. The Kier molecular flexibility index (Phi) is 10.7. The number of rotatable bonds is 2. The molecule has 0 aromatic carbocycles. The monoisotopic (exact) mass is 650 g/mol. The quantitative estimate of drug-likeness (QED) is 0.207. The molecule has 3 aliphatic rings. The van der Waals surface area contributed by atoms with Crippen molar-refractivity contribution in [2.24, 2.45) is 0 Å². The first-order valence-electron chi connectivity index (χ1n) is 9.50. The van der Waals surface area contributed by atoms with Gasteiger partial charge in [0.25, 0.3) is 5.97 Å². The van der Waals surface area contributed by atoms with E-state index in [-0.39, 0.29) is 76.1 Å². The van der Waals surface area contributed by atoms with Crippen molar-refractivity contribution >= 4 is 17.9 Å². The first kappa shape index (κ1) is 27.3. The van der Waals surface area contributed by atoms with E-state index in [4.69, 9.17) is 14.2 Å². The van der Waals surface area contributed by atoms with Gasteiger partial charge in [0.2, 0.25) is 0 Å². The third-order valence-corrected chi connectivity index (χ3v) is 5.38. The van der Waals surface area contributed by atoms with Crippen LogP contribution >= 0.6 is 0 Å². The van der Waals surface area contributed by atoms with E-state index in [1.807, 2.05) is 28.7 Å². The molecule has 166 valence electrons. The predicted octanol–water partition coefficient (Wildman–Crippen LogP) is -1.18. The fourth-order valence-electron chi connectivity index (χ4n) is 3.86. The van der Waals surface area contributed by atoms with Crippen LogP contribution in [0.15, 0.2) is 0 Å². The Morgan fingerprint density at radius 2 is 1.83 bits per heavy atom. The minimum absolute atomic E-state index is 0. The Morgan fingerprint density at radius 3 is 2.53 bits per heavy atom. The van der Waals surface area contributed by atoms with Gasteiger partial charge in [0, 0.05) is 26.2 Å². The molecule has 0 aliphatic carbocycles. The third kappa shape index (κ3) is 7.18. The molecule has 2 bridgehead atoms. The second-order valence-electron chi connectivity index (χ2n) is 7.82. The molecule has 3 aliphatic heterocycles. The summed E-state index contributed by atoms with van der Waals surface area (Å²) >= 11 is 0. The molecule has 0 radical (unpaired) electrons. The van der Waals surface area contributed by atoms with Crippen LogP contribution < -0.4 is 0 Å². The van der Waals surface area contributed by atoms with Gasteiger partial charge in [-0.2, -0.15) is 0 Å². The van der Waals surface area contributed by atoms with Crippen LogP contribution in [0.2, 0.25) is 0 Å². The van der Waals surface area contributed by atoms with Crippen LogP contribution in [0.25, 0.3) is 0 Å². The second kappa shape index (κ2) is 11.8. The van der Waals surface area contributed by atoms with E-state index in [0.29, 0.717) is 38.8 Å². The van der Waals surface area contributed by atoms with Gasteiger partial charge in [-0.1, -0.05) is 13.1 Å². The van der Waals surface area contributed by atoms with Crippen molar-refractivity contribution in [2.45, 2.75) is 12.6 Å². The maximum absolute atomic E-state index is 12.1. The van der Waals surface area contributed by atoms with Crippen molar-refractivity contribution in [2.75, 3.05) is 79.6 Å². The number of morpholine rings is 1. The smallest absolute Gasteiger partial charge is 0.631 e. The molecule has 3 heterocycles. The molecule has 0 saturated carbocycles. The predicted molar refractivity (Wildman–Crippen MR) is 104 cm³/mol. The largest absolute Gasteiger partial charge is 4.00 e. The van der Waals surface area contributed by atoms with Gasteiger partial charge in [-0.05, 0) is 14.0 Å². The molecule has 3 saturated heterocycles. The normalized spacial score (nSPS) is 29.6. The van der Waals surface area contributed by atoms with Gasteiger partial charge in [0.15, 0.2) is 5.72 Å². The minimum Gasteiger partial charge on any atom is -0.631 e. The zero-order valence-electron chi connectivity index (χ0n) is 18.3. The van der Waals surface area contributed by atoms with Gasteiger partial charge >= 0.3 is 43.1 Å². The molecular formula is C19H32N4O6U+2. The average molecular weight is 651 g/mol. The van der Waals surface area contributed by atoms with E-state index in [1.165, 1.54) is 7.11 Å². The Bertz CT molecular complexity index is 624. The maximum atomic E-state index is 12.1. The van der Waals surface area contributed by atoms with Crippen molar-refractivity contribution in [1.82, 2.24) is 19.6 Å². The molecule has 11 heteroatoms. The molecule has 10 nitrogen and oxygen atoms in total. The van der Waals surface area contributed by atoms with Crippen LogP contribution in [-0.4, -0.2) is 123 Å². The summed E-state index contributed by atoms with van der Waals surface area (Å²) in [4.78, 5) is 43.9. The summed E-state index contributed by atoms with van der Waals surface area (Å²) in [5, 5.41) is 0. The summed E-state index contributed by atoms with van der Waals surface area (Å²) < 4.78 is 15.9. The first-order chi connectivity index (χ1) is 13.3.